The molecule has 2 unspecified atom stereocenters. The van der Waals surface area contributed by atoms with Crippen molar-refractivity contribution >= 4 is 0 Å². The molecule has 0 bridgehead atoms. The normalized spacial score (nSPS) is 35.9. The Morgan fingerprint density at radius 3 is 3.08 bits per heavy atom. The monoisotopic (exact) mass is 176 g/mol. The van der Waals surface area contributed by atoms with Crippen LogP contribution < -0.4 is 0 Å². The molecule has 72 valence electrons. The fourth-order valence-electron chi connectivity index (χ4n) is 2.85. The quantitative estimate of drug-likeness (QED) is 0.564. The number of hydrogen-bond donors (Lipinski definition) is 0. The van der Waals surface area contributed by atoms with Crippen LogP contribution in [0.25, 0.3) is 0 Å². The molecule has 13 heavy (non-hydrogen) atoms. The Kier molecular flexibility index (Phi) is 2.87. The van der Waals surface area contributed by atoms with Crippen molar-refractivity contribution in [1.82, 2.24) is 0 Å². The Morgan fingerprint density at radius 2 is 2.23 bits per heavy atom. The highest BCUT2D eigenvalue weighted by atomic mass is 14.3. The van der Waals surface area contributed by atoms with E-state index in [9.17, 15) is 0 Å². The predicted molar refractivity (Wildman–Crippen MR) is 57.6 cm³/mol. The molecule has 0 spiro atoms. The van der Waals surface area contributed by atoms with E-state index in [0.29, 0.717) is 0 Å². The number of hydrogen-bond acceptors (Lipinski definition) is 0. The SMILES string of the molecule is CCC1CCC2CCC/C=C\C=C12. The van der Waals surface area contributed by atoms with Crippen LogP contribution in [0.15, 0.2) is 23.8 Å². The van der Waals surface area contributed by atoms with E-state index in [1.54, 1.807) is 5.57 Å². The third-order valence-corrected chi connectivity index (χ3v) is 3.65. The van der Waals surface area contributed by atoms with Gasteiger partial charge in [-0.2, -0.15) is 0 Å². The first kappa shape index (κ1) is 9.05. The third-order valence-electron chi connectivity index (χ3n) is 3.65. The lowest BCUT2D eigenvalue weighted by Crippen LogP contribution is -2.02. The lowest BCUT2D eigenvalue weighted by atomic mass is 9.89. The molecule has 0 nitrogen and oxygen atoms in total. The Hall–Kier alpha value is -0.520. The zero-order valence-corrected chi connectivity index (χ0v) is 8.63. The molecule has 0 aromatic rings. The van der Waals surface area contributed by atoms with Crippen molar-refractivity contribution in [2.45, 2.75) is 45.4 Å². The Bertz CT molecular complexity index is 222. The van der Waals surface area contributed by atoms with Crippen LogP contribution in [0.3, 0.4) is 0 Å². The van der Waals surface area contributed by atoms with Gasteiger partial charge in [-0.25, -0.2) is 0 Å². The molecule has 2 aliphatic carbocycles. The van der Waals surface area contributed by atoms with Gasteiger partial charge in [-0.1, -0.05) is 30.7 Å². The molecule has 0 N–H and O–H groups in total. The highest BCUT2D eigenvalue weighted by Crippen LogP contribution is 2.41. The predicted octanol–water partition coefficient (Wildman–Crippen LogP) is 4.09. The first-order valence-corrected chi connectivity index (χ1v) is 5.78. The summed E-state index contributed by atoms with van der Waals surface area (Å²) in [5, 5.41) is 0. The van der Waals surface area contributed by atoms with Gasteiger partial charge in [-0.05, 0) is 50.4 Å². The van der Waals surface area contributed by atoms with Crippen molar-refractivity contribution in [3.63, 3.8) is 0 Å². The molecular weight excluding hydrogens is 156 g/mol. The van der Waals surface area contributed by atoms with Crippen molar-refractivity contribution in [1.29, 1.82) is 0 Å². The molecule has 0 amide bonds. The zero-order chi connectivity index (χ0) is 9.10. The number of allylic oxidation sites excluding steroid dienone is 4. The topological polar surface area (TPSA) is 0 Å². The van der Waals surface area contributed by atoms with Crippen LogP contribution in [0.5, 0.6) is 0 Å². The van der Waals surface area contributed by atoms with E-state index in [2.05, 4.69) is 25.2 Å². The van der Waals surface area contributed by atoms with Crippen molar-refractivity contribution in [3.8, 4) is 0 Å². The molecule has 0 aromatic carbocycles. The van der Waals surface area contributed by atoms with Gasteiger partial charge < -0.3 is 0 Å². The lowest BCUT2D eigenvalue weighted by molar-refractivity contribution is 0.546. The van der Waals surface area contributed by atoms with E-state index in [1.807, 2.05) is 0 Å². The second kappa shape index (κ2) is 4.13. The van der Waals surface area contributed by atoms with Gasteiger partial charge in [0.15, 0.2) is 0 Å². The Labute approximate surface area is 81.7 Å². The Balaban J connectivity index is 2.16. The molecule has 2 rings (SSSR count). The maximum absolute atomic E-state index is 2.41. The summed E-state index contributed by atoms with van der Waals surface area (Å²) in [6.07, 6.45) is 15.4. The molecular formula is C13H20. The van der Waals surface area contributed by atoms with Crippen LogP contribution in [-0.4, -0.2) is 0 Å². The third kappa shape index (κ3) is 1.87. The van der Waals surface area contributed by atoms with E-state index in [-0.39, 0.29) is 0 Å². The van der Waals surface area contributed by atoms with Crippen LogP contribution >= 0.6 is 0 Å². The molecule has 0 aliphatic heterocycles. The molecule has 2 atom stereocenters. The van der Waals surface area contributed by atoms with Gasteiger partial charge in [0, 0.05) is 0 Å². The van der Waals surface area contributed by atoms with Gasteiger partial charge in [0.25, 0.3) is 0 Å². The first-order valence-electron chi connectivity index (χ1n) is 5.78. The maximum atomic E-state index is 2.41. The van der Waals surface area contributed by atoms with E-state index >= 15 is 0 Å². The summed E-state index contributed by atoms with van der Waals surface area (Å²) in [5.41, 5.74) is 1.76. The molecule has 0 heteroatoms. The largest absolute Gasteiger partial charge is 0.0845 e. The van der Waals surface area contributed by atoms with Gasteiger partial charge in [-0.15, -0.1) is 0 Å². The minimum atomic E-state index is 0.910. The van der Waals surface area contributed by atoms with Crippen molar-refractivity contribution in [3.05, 3.63) is 23.8 Å². The van der Waals surface area contributed by atoms with Gasteiger partial charge in [0.05, 0.1) is 0 Å². The van der Waals surface area contributed by atoms with Gasteiger partial charge in [-0.3, -0.25) is 0 Å². The van der Waals surface area contributed by atoms with E-state index in [4.69, 9.17) is 0 Å². The molecule has 0 saturated heterocycles. The molecule has 1 saturated carbocycles. The van der Waals surface area contributed by atoms with E-state index < -0.39 is 0 Å². The second-order valence-corrected chi connectivity index (χ2v) is 4.41. The average Bonchev–Trinajstić information content (AvgIpc) is 2.46. The average molecular weight is 176 g/mol. The molecule has 2 aliphatic rings. The van der Waals surface area contributed by atoms with Crippen LogP contribution in [0.4, 0.5) is 0 Å². The minimum Gasteiger partial charge on any atom is -0.0845 e. The fraction of sp³-hybridized carbons (Fsp3) is 0.692. The molecule has 0 radical (unpaired) electrons. The summed E-state index contributed by atoms with van der Waals surface area (Å²) in [6.45, 7) is 2.33. The summed E-state index contributed by atoms with van der Waals surface area (Å²) in [7, 11) is 0. The van der Waals surface area contributed by atoms with Crippen molar-refractivity contribution < 1.29 is 0 Å². The number of rotatable bonds is 1. The summed E-state index contributed by atoms with van der Waals surface area (Å²) < 4.78 is 0. The van der Waals surface area contributed by atoms with E-state index in [1.165, 1.54) is 38.5 Å². The highest BCUT2D eigenvalue weighted by molar-refractivity contribution is 5.22. The highest BCUT2D eigenvalue weighted by Gasteiger charge is 2.28. The smallest absolute Gasteiger partial charge is 0.0197 e. The first-order chi connectivity index (χ1) is 6.42. The molecule has 1 fully saturated rings. The summed E-state index contributed by atoms with van der Waals surface area (Å²) in [6, 6.07) is 0. The zero-order valence-electron chi connectivity index (χ0n) is 8.63. The fourth-order valence-corrected chi connectivity index (χ4v) is 2.85. The summed E-state index contributed by atoms with van der Waals surface area (Å²) in [4.78, 5) is 0. The van der Waals surface area contributed by atoms with Gasteiger partial charge >= 0.3 is 0 Å². The molecule has 0 aromatic heterocycles. The van der Waals surface area contributed by atoms with Crippen LogP contribution in [0.1, 0.15) is 45.4 Å². The van der Waals surface area contributed by atoms with Crippen LogP contribution in [0.2, 0.25) is 0 Å². The van der Waals surface area contributed by atoms with Crippen molar-refractivity contribution in [2.75, 3.05) is 0 Å². The van der Waals surface area contributed by atoms with Crippen LogP contribution in [-0.2, 0) is 0 Å². The standard InChI is InChI=1S/C13H20/c1-2-11-9-10-12-7-5-3-4-6-8-13(11)12/h4,6,8,11-12H,2-3,5,7,9-10H2,1H3/b6-4-,13-8?. The maximum Gasteiger partial charge on any atom is -0.0197 e. The Morgan fingerprint density at radius 1 is 1.31 bits per heavy atom. The van der Waals surface area contributed by atoms with Crippen molar-refractivity contribution in [2.24, 2.45) is 11.8 Å². The summed E-state index contributed by atoms with van der Waals surface area (Å²) in [5.74, 6) is 1.85. The number of fused-ring (bicyclic) bond motifs is 1. The summed E-state index contributed by atoms with van der Waals surface area (Å²) >= 11 is 0. The van der Waals surface area contributed by atoms with Crippen LogP contribution in [0, 0.1) is 11.8 Å². The van der Waals surface area contributed by atoms with E-state index in [0.717, 1.165) is 11.8 Å². The minimum absolute atomic E-state index is 0.910. The molecule has 0 heterocycles. The van der Waals surface area contributed by atoms with Gasteiger partial charge in [0.1, 0.15) is 0 Å². The second-order valence-electron chi connectivity index (χ2n) is 4.41. The van der Waals surface area contributed by atoms with Gasteiger partial charge in [0.2, 0.25) is 0 Å². The lowest BCUT2D eigenvalue weighted by Gasteiger charge is -2.16.